The molecule has 3 rings (SSSR count). The Morgan fingerprint density at radius 2 is 1.65 bits per heavy atom. The van der Waals surface area contributed by atoms with Crippen LogP contribution >= 0.6 is 11.6 Å². The average molecular weight is 329 g/mol. The van der Waals surface area contributed by atoms with E-state index in [2.05, 4.69) is 10.9 Å². The van der Waals surface area contributed by atoms with Crippen LogP contribution in [0.4, 0.5) is 0 Å². The molecule has 0 bridgehead atoms. The number of fused-ring (bicyclic) bond motifs is 1. The van der Waals surface area contributed by atoms with Crippen LogP contribution in [0.25, 0.3) is 11.0 Å². The van der Waals surface area contributed by atoms with Crippen molar-refractivity contribution in [2.75, 3.05) is 0 Å². The van der Waals surface area contributed by atoms with Crippen molar-refractivity contribution in [2.24, 2.45) is 0 Å². The summed E-state index contributed by atoms with van der Waals surface area (Å²) in [5.41, 5.74) is 6.25. The fourth-order valence-corrected chi connectivity index (χ4v) is 2.47. The summed E-state index contributed by atoms with van der Waals surface area (Å²) in [4.78, 5) is 24.1. The van der Waals surface area contributed by atoms with Gasteiger partial charge < -0.3 is 4.42 Å². The molecule has 0 fully saturated rings. The second kappa shape index (κ2) is 6.14. The Labute approximate surface area is 137 Å². The molecule has 5 nitrogen and oxygen atoms in total. The smallest absolute Gasteiger partial charge is 0.305 e. The van der Waals surface area contributed by atoms with Crippen LogP contribution in [-0.4, -0.2) is 11.8 Å². The van der Waals surface area contributed by atoms with Gasteiger partial charge in [-0.2, -0.15) is 0 Å². The average Bonchev–Trinajstić information content (AvgIpc) is 2.92. The van der Waals surface area contributed by atoms with Crippen molar-refractivity contribution in [1.82, 2.24) is 10.9 Å². The van der Waals surface area contributed by atoms with E-state index >= 15 is 0 Å². The topological polar surface area (TPSA) is 71.3 Å². The largest absolute Gasteiger partial charge is 0.449 e. The minimum atomic E-state index is -0.543. The Morgan fingerprint density at radius 1 is 0.957 bits per heavy atom. The third kappa shape index (κ3) is 2.91. The molecule has 0 aliphatic carbocycles. The van der Waals surface area contributed by atoms with E-state index in [0.717, 1.165) is 5.39 Å². The zero-order chi connectivity index (χ0) is 16.4. The molecule has 0 aliphatic heterocycles. The zero-order valence-electron chi connectivity index (χ0n) is 12.2. The summed E-state index contributed by atoms with van der Waals surface area (Å²) >= 11 is 6.06. The summed E-state index contributed by atoms with van der Waals surface area (Å²) in [5, 5.41) is 1.19. The number of halogens is 1. The van der Waals surface area contributed by atoms with Gasteiger partial charge in [0.2, 0.25) is 0 Å². The third-order valence-corrected chi connectivity index (χ3v) is 3.75. The molecule has 0 atom stereocenters. The Bertz CT molecular complexity index is 887. The fourth-order valence-electron chi connectivity index (χ4n) is 2.26. The molecule has 0 saturated carbocycles. The number of rotatable bonds is 2. The van der Waals surface area contributed by atoms with Crippen LogP contribution in [0.2, 0.25) is 5.02 Å². The number of furan rings is 1. The van der Waals surface area contributed by atoms with Crippen molar-refractivity contribution in [2.45, 2.75) is 6.92 Å². The minimum Gasteiger partial charge on any atom is -0.449 e. The summed E-state index contributed by atoms with van der Waals surface area (Å²) < 4.78 is 5.53. The normalized spacial score (nSPS) is 10.5. The summed E-state index contributed by atoms with van der Waals surface area (Å²) in [6, 6.07) is 13.9. The second-order valence-electron chi connectivity index (χ2n) is 4.95. The molecule has 0 radical (unpaired) electrons. The van der Waals surface area contributed by atoms with Crippen LogP contribution in [-0.2, 0) is 0 Å². The van der Waals surface area contributed by atoms with E-state index in [4.69, 9.17) is 16.0 Å². The van der Waals surface area contributed by atoms with E-state index in [1.165, 1.54) is 0 Å². The highest BCUT2D eigenvalue weighted by Gasteiger charge is 2.19. The van der Waals surface area contributed by atoms with E-state index in [1.807, 2.05) is 6.07 Å². The monoisotopic (exact) mass is 328 g/mol. The zero-order valence-corrected chi connectivity index (χ0v) is 13.0. The summed E-state index contributed by atoms with van der Waals surface area (Å²) in [6.07, 6.45) is 0. The second-order valence-corrected chi connectivity index (χ2v) is 5.35. The molecule has 2 N–H and O–H groups in total. The predicted molar refractivity (Wildman–Crippen MR) is 87.3 cm³/mol. The van der Waals surface area contributed by atoms with Crippen molar-refractivity contribution in [3.8, 4) is 0 Å². The molecule has 23 heavy (non-hydrogen) atoms. The van der Waals surface area contributed by atoms with Crippen LogP contribution in [0.15, 0.2) is 52.9 Å². The molecule has 0 spiro atoms. The van der Waals surface area contributed by atoms with E-state index in [-0.39, 0.29) is 5.76 Å². The van der Waals surface area contributed by atoms with Crippen molar-refractivity contribution in [3.63, 3.8) is 0 Å². The van der Waals surface area contributed by atoms with Crippen molar-refractivity contribution >= 4 is 34.4 Å². The Balaban J connectivity index is 1.78. The standard InChI is InChI=1S/C17H13ClN2O3/c1-10-12-8-5-9-13(18)15(12)23-14(10)17(22)20-19-16(21)11-6-3-2-4-7-11/h2-9H,1H3,(H,19,21)(H,20,22). The third-order valence-electron chi connectivity index (χ3n) is 3.45. The van der Waals surface area contributed by atoms with Gasteiger partial charge >= 0.3 is 5.91 Å². The Kier molecular flexibility index (Phi) is 4.04. The molecule has 0 unspecified atom stereocenters. The first-order valence-electron chi connectivity index (χ1n) is 6.91. The number of aryl methyl sites for hydroxylation is 1. The number of para-hydroxylation sites is 1. The number of benzene rings is 2. The molecule has 2 amide bonds. The first-order valence-corrected chi connectivity index (χ1v) is 7.29. The number of carbonyl (C=O) groups is 2. The van der Waals surface area contributed by atoms with E-state index < -0.39 is 11.8 Å². The lowest BCUT2D eigenvalue weighted by Gasteiger charge is -2.06. The van der Waals surface area contributed by atoms with Crippen molar-refractivity contribution in [3.05, 3.63) is 70.4 Å². The maximum atomic E-state index is 12.2. The highest BCUT2D eigenvalue weighted by atomic mass is 35.5. The molecular formula is C17H13ClN2O3. The predicted octanol–water partition coefficient (Wildman–Crippen LogP) is 3.47. The Hall–Kier alpha value is -2.79. The SMILES string of the molecule is Cc1c(C(=O)NNC(=O)c2ccccc2)oc2c(Cl)cccc12. The first-order chi connectivity index (χ1) is 11.1. The van der Waals surface area contributed by atoms with Gasteiger partial charge in [-0.15, -0.1) is 0 Å². The quantitative estimate of drug-likeness (QED) is 0.708. The number of hydrazine groups is 1. The molecule has 1 aromatic heterocycles. The summed E-state index contributed by atoms with van der Waals surface area (Å²) in [5.74, 6) is -0.841. The lowest BCUT2D eigenvalue weighted by Crippen LogP contribution is -2.41. The van der Waals surface area contributed by atoms with Gasteiger partial charge in [-0.25, -0.2) is 0 Å². The van der Waals surface area contributed by atoms with E-state index in [9.17, 15) is 9.59 Å². The first kappa shape index (κ1) is 15.1. The van der Waals surface area contributed by atoms with Gasteiger partial charge in [0, 0.05) is 16.5 Å². The van der Waals surface area contributed by atoms with Crippen LogP contribution in [0, 0.1) is 6.92 Å². The molecule has 1 heterocycles. The van der Waals surface area contributed by atoms with Gasteiger partial charge in [0.05, 0.1) is 5.02 Å². The van der Waals surface area contributed by atoms with Crippen LogP contribution in [0.5, 0.6) is 0 Å². The highest BCUT2D eigenvalue weighted by Crippen LogP contribution is 2.30. The van der Waals surface area contributed by atoms with Gasteiger partial charge in [-0.3, -0.25) is 20.4 Å². The minimum absolute atomic E-state index is 0.112. The number of hydrogen-bond donors (Lipinski definition) is 2. The summed E-state index contributed by atoms with van der Waals surface area (Å²) in [6.45, 7) is 1.76. The van der Waals surface area contributed by atoms with Crippen molar-refractivity contribution in [1.29, 1.82) is 0 Å². The Morgan fingerprint density at radius 3 is 2.35 bits per heavy atom. The summed E-state index contributed by atoms with van der Waals surface area (Å²) in [7, 11) is 0. The highest BCUT2D eigenvalue weighted by molar-refractivity contribution is 6.35. The van der Waals surface area contributed by atoms with Gasteiger partial charge in [-0.05, 0) is 25.1 Å². The molecular weight excluding hydrogens is 316 g/mol. The number of amides is 2. The fraction of sp³-hybridized carbons (Fsp3) is 0.0588. The molecule has 6 heteroatoms. The molecule has 0 aliphatic rings. The molecule has 0 saturated heterocycles. The van der Waals surface area contributed by atoms with Gasteiger partial charge in [0.25, 0.3) is 5.91 Å². The van der Waals surface area contributed by atoms with Crippen LogP contribution < -0.4 is 10.9 Å². The van der Waals surface area contributed by atoms with Crippen molar-refractivity contribution < 1.29 is 14.0 Å². The van der Waals surface area contributed by atoms with Gasteiger partial charge in [0.15, 0.2) is 11.3 Å². The van der Waals surface area contributed by atoms with Gasteiger partial charge in [0.1, 0.15) is 0 Å². The number of carbonyl (C=O) groups excluding carboxylic acids is 2. The van der Waals surface area contributed by atoms with Crippen LogP contribution in [0.1, 0.15) is 26.5 Å². The lowest BCUT2D eigenvalue weighted by molar-refractivity contribution is 0.0831. The van der Waals surface area contributed by atoms with Gasteiger partial charge in [-0.1, -0.05) is 41.9 Å². The van der Waals surface area contributed by atoms with E-state index in [0.29, 0.717) is 21.7 Å². The molecule has 3 aromatic rings. The molecule has 2 aromatic carbocycles. The van der Waals surface area contributed by atoms with E-state index in [1.54, 1.807) is 49.4 Å². The maximum absolute atomic E-state index is 12.2. The number of hydrogen-bond acceptors (Lipinski definition) is 3. The maximum Gasteiger partial charge on any atom is 0.305 e. The number of nitrogens with one attached hydrogen (secondary N) is 2. The lowest BCUT2D eigenvalue weighted by atomic mass is 10.1. The van der Waals surface area contributed by atoms with Crippen LogP contribution in [0.3, 0.4) is 0 Å². The molecule has 116 valence electrons.